The zero-order valence-corrected chi connectivity index (χ0v) is 11.8. The molecule has 0 unspecified atom stereocenters. The van der Waals surface area contributed by atoms with Crippen LogP contribution in [0.1, 0.15) is 31.7 Å². The van der Waals surface area contributed by atoms with Gasteiger partial charge in [-0.1, -0.05) is 32.0 Å². The van der Waals surface area contributed by atoms with E-state index in [1.54, 1.807) is 0 Å². The molecule has 1 saturated heterocycles. The smallest absolute Gasteiger partial charge is 0.116 e. The average Bonchev–Trinajstić information content (AvgIpc) is 2.34. The highest BCUT2D eigenvalue weighted by atomic mass is 31.2. The summed E-state index contributed by atoms with van der Waals surface area (Å²) in [6.07, 6.45) is 4.78. The summed E-state index contributed by atoms with van der Waals surface area (Å²) < 4.78 is 13.0. The SMILES string of the molecule is CC(C)c1cnc2ccccc2c1P1(=O)CCC1. The minimum Gasteiger partial charge on any atom is -0.319 e. The summed E-state index contributed by atoms with van der Waals surface area (Å²) in [6, 6.07) is 8.09. The largest absolute Gasteiger partial charge is 0.319 e. The molecule has 2 heterocycles. The van der Waals surface area contributed by atoms with Gasteiger partial charge in [-0.05, 0) is 24.0 Å². The van der Waals surface area contributed by atoms with E-state index in [1.807, 2.05) is 24.4 Å². The third-order valence-corrected chi connectivity index (χ3v) is 7.23. The van der Waals surface area contributed by atoms with Crippen molar-refractivity contribution in [3.05, 3.63) is 36.0 Å². The Bertz CT molecular complexity index is 640. The number of pyridine rings is 1. The van der Waals surface area contributed by atoms with Gasteiger partial charge in [0.1, 0.15) is 7.14 Å². The van der Waals surface area contributed by atoms with Gasteiger partial charge in [-0.25, -0.2) is 0 Å². The van der Waals surface area contributed by atoms with Gasteiger partial charge < -0.3 is 4.57 Å². The number of para-hydroxylation sites is 1. The maximum atomic E-state index is 13.0. The number of aromatic nitrogens is 1. The summed E-state index contributed by atoms with van der Waals surface area (Å²) in [5, 5.41) is 2.22. The minimum atomic E-state index is -2.12. The minimum absolute atomic E-state index is 0.378. The van der Waals surface area contributed by atoms with E-state index in [9.17, 15) is 4.57 Å². The van der Waals surface area contributed by atoms with Crippen molar-refractivity contribution in [3.8, 4) is 0 Å². The maximum absolute atomic E-state index is 13.0. The van der Waals surface area contributed by atoms with E-state index in [4.69, 9.17) is 0 Å². The normalized spacial score (nSPS) is 17.9. The second kappa shape index (κ2) is 4.20. The number of hydrogen-bond acceptors (Lipinski definition) is 2. The Kier molecular flexibility index (Phi) is 2.79. The number of rotatable bonds is 2. The van der Waals surface area contributed by atoms with E-state index in [1.165, 1.54) is 5.56 Å². The van der Waals surface area contributed by atoms with Crippen LogP contribution in [0.3, 0.4) is 0 Å². The molecule has 2 nitrogen and oxygen atoms in total. The zero-order chi connectivity index (χ0) is 12.8. The lowest BCUT2D eigenvalue weighted by Gasteiger charge is -2.30. The Balaban J connectivity index is 2.36. The second-order valence-electron chi connectivity index (χ2n) is 5.42. The van der Waals surface area contributed by atoms with Crippen molar-refractivity contribution in [2.45, 2.75) is 26.2 Å². The zero-order valence-electron chi connectivity index (χ0n) is 10.9. The third-order valence-electron chi connectivity index (χ3n) is 3.84. The van der Waals surface area contributed by atoms with Crippen molar-refractivity contribution in [1.82, 2.24) is 4.98 Å². The van der Waals surface area contributed by atoms with Crippen molar-refractivity contribution in [1.29, 1.82) is 0 Å². The summed E-state index contributed by atoms with van der Waals surface area (Å²) in [5.41, 5.74) is 2.15. The maximum Gasteiger partial charge on any atom is 0.116 e. The summed E-state index contributed by atoms with van der Waals surface area (Å²) in [4.78, 5) is 4.51. The average molecular weight is 259 g/mol. The Hall–Kier alpha value is -1.14. The highest BCUT2D eigenvalue weighted by Crippen LogP contribution is 2.56. The van der Waals surface area contributed by atoms with Gasteiger partial charge >= 0.3 is 0 Å². The van der Waals surface area contributed by atoms with Gasteiger partial charge in [0.2, 0.25) is 0 Å². The van der Waals surface area contributed by atoms with E-state index in [2.05, 4.69) is 24.9 Å². The molecule has 0 saturated carbocycles. The Labute approximate surface area is 108 Å². The van der Waals surface area contributed by atoms with Crippen LogP contribution >= 0.6 is 7.14 Å². The van der Waals surface area contributed by atoms with Crippen LogP contribution in [0.5, 0.6) is 0 Å². The van der Waals surface area contributed by atoms with Crippen LogP contribution in [0.4, 0.5) is 0 Å². The lowest BCUT2D eigenvalue weighted by Crippen LogP contribution is -2.24. The molecular formula is C15H18NOP. The molecule has 18 heavy (non-hydrogen) atoms. The first-order valence-electron chi connectivity index (χ1n) is 6.58. The van der Waals surface area contributed by atoms with Crippen molar-refractivity contribution >= 4 is 23.3 Å². The number of hydrogen-bond donors (Lipinski definition) is 0. The molecule has 1 aliphatic heterocycles. The first kappa shape index (κ1) is 11.9. The van der Waals surface area contributed by atoms with Gasteiger partial charge in [0.05, 0.1) is 5.52 Å². The molecular weight excluding hydrogens is 241 g/mol. The van der Waals surface area contributed by atoms with Crippen molar-refractivity contribution in [2.24, 2.45) is 0 Å². The van der Waals surface area contributed by atoms with Gasteiger partial charge in [-0.2, -0.15) is 0 Å². The second-order valence-corrected chi connectivity index (χ2v) is 8.54. The highest BCUT2D eigenvalue weighted by molar-refractivity contribution is 7.73. The molecule has 1 aromatic heterocycles. The molecule has 1 aromatic carbocycles. The molecule has 0 atom stereocenters. The molecule has 2 aromatic rings. The molecule has 0 bridgehead atoms. The van der Waals surface area contributed by atoms with Gasteiger partial charge in [0.15, 0.2) is 0 Å². The number of nitrogens with zero attached hydrogens (tertiary/aromatic N) is 1. The topological polar surface area (TPSA) is 30.0 Å². The first-order chi connectivity index (χ1) is 8.62. The van der Waals surface area contributed by atoms with Crippen LogP contribution in [-0.4, -0.2) is 17.3 Å². The fraction of sp³-hybridized carbons (Fsp3) is 0.400. The van der Waals surface area contributed by atoms with Crippen LogP contribution in [0.2, 0.25) is 0 Å². The van der Waals surface area contributed by atoms with Gasteiger partial charge in [-0.3, -0.25) is 4.98 Å². The molecule has 0 N–H and O–H groups in total. The number of fused-ring (bicyclic) bond motifs is 1. The van der Waals surface area contributed by atoms with Crippen molar-refractivity contribution in [2.75, 3.05) is 12.3 Å². The summed E-state index contributed by atoms with van der Waals surface area (Å²) in [6.45, 7) is 4.31. The molecule has 3 heteroatoms. The van der Waals surface area contributed by atoms with E-state index in [0.717, 1.165) is 35.0 Å². The molecule has 0 spiro atoms. The van der Waals surface area contributed by atoms with Crippen molar-refractivity contribution < 1.29 is 4.57 Å². The van der Waals surface area contributed by atoms with Crippen LogP contribution < -0.4 is 5.30 Å². The highest BCUT2D eigenvalue weighted by Gasteiger charge is 2.36. The van der Waals surface area contributed by atoms with Crippen LogP contribution in [-0.2, 0) is 4.57 Å². The van der Waals surface area contributed by atoms with Gasteiger partial charge in [0, 0.05) is 29.2 Å². The Morgan fingerprint density at radius 1 is 1.22 bits per heavy atom. The molecule has 0 radical (unpaired) electrons. The summed E-state index contributed by atoms with van der Waals surface area (Å²) in [5.74, 6) is 0.378. The predicted octanol–water partition coefficient (Wildman–Crippen LogP) is 3.75. The summed E-state index contributed by atoms with van der Waals surface area (Å²) in [7, 11) is -2.12. The van der Waals surface area contributed by atoms with Gasteiger partial charge in [-0.15, -0.1) is 0 Å². The fourth-order valence-electron chi connectivity index (χ4n) is 2.69. The van der Waals surface area contributed by atoms with Crippen LogP contribution in [0.25, 0.3) is 10.9 Å². The van der Waals surface area contributed by atoms with Crippen LogP contribution in [0.15, 0.2) is 30.5 Å². The lowest BCUT2D eigenvalue weighted by molar-refractivity contribution is 0.570. The van der Waals surface area contributed by atoms with E-state index in [-0.39, 0.29) is 0 Å². The molecule has 0 aliphatic carbocycles. The Morgan fingerprint density at radius 2 is 1.94 bits per heavy atom. The quantitative estimate of drug-likeness (QED) is 0.769. The Morgan fingerprint density at radius 3 is 2.56 bits per heavy atom. The van der Waals surface area contributed by atoms with E-state index < -0.39 is 7.14 Å². The third kappa shape index (κ3) is 1.71. The van der Waals surface area contributed by atoms with E-state index in [0.29, 0.717) is 5.92 Å². The molecule has 1 fully saturated rings. The van der Waals surface area contributed by atoms with E-state index >= 15 is 0 Å². The number of benzene rings is 1. The van der Waals surface area contributed by atoms with Crippen LogP contribution in [0, 0.1) is 0 Å². The summed E-state index contributed by atoms with van der Waals surface area (Å²) >= 11 is 0. The first-order valence-corrected chi connectivity index (χ1v) is 8.66. The molecule has 94 valence electrons. The molecule has 3 rings (SSSR count). The molecule has 0 amide bonds. The standard InChI is InChI=1S/C15H18NOP/c1-11(2)13-10-16-14-7-4-3-6-12(14)15(13)18(17)8-5-9-18/h3-4,6-7,10-11H,5,8-9H2,1-2H3. The lowest BCUT2D eigenvalue weighted by atomic mass is 10.0. The van der Waals surface area contributed by atoms with Crippen molar-refractivity contribution in [3.63, 3.8) is 0 Å². The fourth-order valence-corrected chi connectivity index (χ4v) is 5.44. The van der Waals surface area contributed by atoms with Gasteiger partial charge in [0.25, 0.3) is 0 Å². The molecule has 1 aliphatic rings. The monoisotopic (exact) mass is 259 g/mol. The predicted molar refractivity (Wildman–Crippen MR) is 77.4 cm³/mol.